The maximum atomic E-state index is 13.4. The highest BCUT2D eigenvalue weighted by atomic mass is 32.2. The van der Waals surface area contributed by atoms with E-state index >= 15 is 0 Å². The lowest BCUT2D eigenvalue weighted by molar-refractivity contribution is 0.102. The van der Waals surface area contributed by atoms with Crippen molar-refractivity contribution in [3.63, 3.8) is 0 Å². The zero-order chi connectivity index (χ0) is 29.7. The summed E-state index contributed by atoms with van der Waals surface area (Å²) in [4.78, 5) is 13.5. The van der Waals surface area contributed by atoms with Crippen LogP contribution in [-0.2, 0) is 10.0 Å². The number of fused-ring (bicyclic) bond motifs is 7. The van der Waals surface area contributed by atoms with Gasteiger partial charge in [-0.1, -0.05) is 36.4 Å². The summed E-state index contributed by atoms with van der Waals surface area (Å²) in [6.07, 6.45) is 3.80. The third-order valence-electron chi connectivity index (χ3n) is 9.53. The second-order valence-corrected chi connectivity index (χ2v) is 13.7. The second-order valence-electron chi connectivity index (χ2n) is 12.1. The second kappa shape index (κ2) is 10.8. The molecule has 0 aromatic heterocycles. The summed E-state index contributed by atoms with van der Waals surface area (Å²) in [6, 6.07) is 28.5. The van der Waals surface area contributed by atoms with Gasteiger partial charge in [-0.05, 0) is 121 Å². The Morgan fingerprint density at radius 3 is 2.44 bits per heavy atom. The number of aryl methyl sites for hydroxylation is 1. The molecule has 2 saturated carbocycles. The normalized spacial score (nSPS) is 23.5. The van der Waals surface area contributed by atoms with Crippen molar-refractivity contribution in [3.8, 4) is 5.75 Å². The van der Waals surface area contributed by atoms with E-state index < -0.39 is 10.0 Å². The van der Waals surface area contributed by atoms with Crippen LogP contribution in [0.5, 0.6) is 5.75 Å². The topological polar surface area (TPSA) is 96.5 Å². The summed E-state index contributed by atoms with van der Waals surface area (Å²) >= 11 is 0. The van der Waals surface area contributed by atoms with Gasteiger partial charge in [-0.15, -0.1) is 0 Å². The van der Waals surface area contributed by atoms with Gasteiger partial charge in [0.15, 0.2) is 0 Å². The van der Waals surface area contributed by atoms with Crippen LogP contribution in [0.15, 0.2) is 95.9 Å². The van der Waals surface area contributed by atoms with E-state index in [-0.39, 0.29) is 16.8 Å². The SMILES string of the molecule is COc1ccc(C)cc1NS(=O)(=O)c1ccc(NC(=O)c2ccc3c(c2)[C@@H]2[C@H]4CC[C@@H](C4)[C@H]2[C@H](c2ccccc2)N3)cc1. The first-order valence-electron chi connectivity index (χ1n) is 14.8. The number of benzene rings is 4. The molecule has 7 rings (SSSR count). The summed E-state index contributed by atoms with van der Waals surface area (Å²) in [6.45, 7) is 1.88. The molecule has 2 fully saturated rings. The van der Waals surface area contributed by atoms with Crippen molar-refractivity contribution in [1.29, 1.82) is 0 Å². The van der Waals surface area contributed by atoms with Gasteiger partial charge < -0.3 is 15.4 Å². The first kappa shape index (κ1) is 27.5. The van der Waals surface area contributed by atoms with Crippen LogP contribution >= 0.6 is 0 Å². The Morgan fingerprint density at radius 2 is 1.67 bits per heavy atom. The van der Waals surface area contributed by atoms with Gasteiger partial charge in [0.2, 0.25) is 0 Å². The Kier molecular flexibility index (Phi) is 6.89. The van der Waals surface area contributed by atoms with Gasteiger partial charge in [0.05, 0.1) is 23.7 Å². The first-order chi connectivity index (χ1) is 20.8. The van der Waals surface area contributed by atoms with Crippen LogP contribution in [-0.4, -0.2) is 21.4 Å². The van der Waals surface area contributed by atoms with Gasteiger partial charge in [0, 0.05) is 16.9 Å². The predicted molar refractivity (Wildman–Crippen MR) is 169 cm³/mol. The molecular formula is C35H35N3O4S. The van der Waals surface area contributed by atoms with E-state index in [9.17, 15) is 13.2 Å². The van der Waals surface area contributed by atoms with E-state index in [1.807, 2.05) is 25.1 Å². The molecule has 1 amide bonds. The minimum Gasteiger partial charge on any atom is -0.495 e. The maximum absolute atomic E-state index is 13.4. The fourth-order valence-corrected chi connectivity index (χ4v) is 8.70. The minimum atomic E-state index is -3.86. The number of amides is 1. The summed E-state index contributed by atoms with van der Waals surface area (Å²) in [5.74, 6) is 2.54. The van der Waals surface area contributed by atoms with Gasteiger partial charge in [0.25, 0.3) is 15.9 Å². The first-order valence-corrected chi connectivity index (χ1v) is 16.3. The van der Waals surface area contributed by atoms with Gasteiger partial charge in [-0.3, -0.25) is 9.52 Å². The van der Waals surface area contributed by atoms with Gasteiger partial charge >= 0.3 is 0 Å². The molecule has 0 saturated heterocycles. The Bertz CT molecular complexity index is 1790. The molecule has 0 spiro atoms. The Morgan fingerprint density at radius 1 is 0.907 bits per heavy atom. The van der Waals surface area contributed by atoms with Crippen LogP contribution in [0, 0.1) is 24.7 Å². The molecule has 8 heteroatoms. The summed E-state index contributed by atoms with van der Waals surface area (Å²) < 4.78 is 34.1. The lowest BCUT2D eigenvalue weighted by Crippen LogP contribution is -2.35. The molecule has 7 nitrogen and oxygen atoms in total. The van der Waals surface area contributed by atoms with E-state index in [2.05, 4.69) is 51.8 Å². The Balaban J connectivity index is 1.10. The van der Waals surface area contributed by atoms with E-state index in [4.69, 9.17) is 4.74 Å². The van der Waals surface area contributed by atoms with Gasteiger partial charge in [-0.2, -0.15) is 0 Å². The molecule has 0 radical (unpaired) electrons. The average Bonchev–Trinajstić information content (AvgIpc) is 3.64. The number of rotatable bonds is 7. The summed E-state index contributed by atoms with van der Waals surface area (Å²) in [5, 5.41) is 6.78. The molecule has 1 aliphatic heterocycles. The fourth-order valence-electron chi connectivity index (χ4n) is 7.64. The molecule has 1 heterocycles. The van der Waals surface area contributed by atoms with Crippen LogP contribution < -0.4 is 20.1 Å². The molecule has 3 N–H and O–H groups in total. The van der Waals surface area contributed by atoms with Gasteiger partial charge in [0.1, 0.15) is 5.75 Å². The van der Waals surface area contributed by atoms with Crippen molar-refractivity contribution in [1.82, 2.24) is 0 Å². The van der Waals surface area contributed by atoms with Crippen LogP contribution in [0.25, 0.3) is 0 Å². The zero-order valence-electron chi connectivity index (χ0n) is 24.2. The Hall–Kier alpha value is -4.30. The number of carbonyl (C=O) groups is 1. The third kappa shape index (κ3) is 5.03. The average molecular weight is 594 g/mol. The highest BCUT2D eigenvalue weighted by Crippen LogP contribution is 2.63. The molecule has 43 heavy (non-hydrogen) atoms. The smallest absolute Gasteiger partial charge is 0.262 e. The molecule has 4 aromatic rings. The summed E-state index contributed by atoms with van der Waals surface area (Å²) in [5.41, 5.74) is 6.09. The number of hydrogen-bond acceptors (Lipinski definition) is 5. The van der Waals surface area contributed by atoms with E-state index in [1.54, 1.807) is 24.3 Å². The Labute approximate surface area is 252 Å². The van der Waals surface area contributed by atoms with Crippen molar-refractivity contribution < 1.29 is 17.9 Å². The molecule has 4 aromatic carbocycles. The quantitative estimate of drug-likeness (QED) is 0.208. The largest absolute Gasteiger partial charge is 0.495 e. The van der Waals surface area contributed by atoms with E-state index in [0.717, 1.165) is 11.3 Å². The molecule has 3 aliphatic rings. The fraction of sp³-hybridized carbons (Fsp3) is 0.286. The zero-order valence-corrected chi connectivity index (χ0v) is 25.0. The molecule has 0 unspecified atom stereocenters. The standard InChI is InChI=1S/C35H35N3O4S/c1-21-8-17-31(42-2)30(18-21)38-43(40,41)27-14-12-26(13-15-27)36-35(39)25-11-16-29-28(20-25)32-23-9-10-24(19-23)33(32)34(37-29)22-6-4-3-5-7-22/h3-8,11-18,20,23-24,32-34,37-38H,9-10,19H2,1-2H3,(H,36,39)/t23-,24-,32-,33+,34-/m0/s1. The van der Waals surface area contributed by atoms with Crippen molar-refractivity contribution in [3.05, 3.63) is 113 Å². The summed E-state index contributed by atoms with van der Waals surface area (Å²) in [7, 11) is -2.36. The monoisotopic (exact) mass is 593 g/mol. The number of anilines is 3. The van der Waals surface area contributed by atoms with Crippen molar-refractivity contribution >= 4 is 33.0 Å². The van der Waals surface area contributed by atoms with E-state index in [0.29, 0.717) is 46.4 Å². The lowest BCUT2D eigenvalue weighted by atomic mass is 9.68. The van der Waals surface area contributed by atoms with Crippen molar-refractivity contribution in [2.75, 3.05) is 22.5 Å². The maximum Gasteiger partial charge on any atom is 0.262 e. The van der Waals surface area contributed by atoms with Gasteiger partial charge in [-0.25, -0.2) is 8.42 Å². The molecule has 220 valence electrons. The highest BCUT2D eigenvalue weighted by molar-refractivity contribution is 7.92. The number of hydrogen-bond donors (Lipinski definition) is 3. The van der Waals surface area contributed by atoms with Crippen molar-refractivity contribution in [2.24, 2.45) is 17.8 Å². The van der Waals surface area contributed by atoms with E-state index in [1.165, 1.54) is 49.6 Å². The third-order valence-corrected chi connectivity index (χ3v) is 10.9. The number of sulfonamides is 1. The molecular weight excluding hydrogens is 558 g/mol. The molecule has 2 aliphatic carbocycles. The highest BCUT2D eigenvalue weighted by Gasteiger charge is 2.53. The van der Waals surface area contributed by atoms with Crippen molar-refractivity contribution in [2.45, 2.75) is 43.0 Å². The number of nitrogens with one attached hydrogen (secondary N) is 3. The molecule has 5 atom stereocenters. The van der Waals surface area contributed by atoms with Crippen LogP contribution in [0.4, 0.5) is 17.1 Å². The van der Waals surface area contributed by atoms with Crippen LogP contribution in [0.1, 0.15) is 58.3 Å². The number of methoxy groups -OCH3 is 1. The number of carbonyl (C=O) groups excluding carboxylic acids is 1. The van der Waals surface area contributed by atoms with Crippen LogP contribution in [0.2, 0.25) is 0 Å². The van der Waals surface area contributed by atoms with Crippen LogP contribution in [0.3, 0.4) is 0 Å². The minimum absolute atomic E-state index is 0.0872. The lowest BCUT2D eigenvalue weighted by Gasteiger charge is -2.43. The molecule has 2 bridgehead atoms. The predicted octanol–water partition coefficient (Wildman–Crippen LogP) is 7.35. The number of ether oxygens (including phenoxy) is 1.